The SMILES string of the molecule is CC(=O)N1CCCCC1C(=O)NC(C)c1nc(-c2ccnc(C(F)(F)F)c2)no1. The molecule has 0 spiro atoms. The molecule has 3 heterocycles. The molecule has 1 N–H and O–H groups in total. The van der Waals surface area contributed by atoms with Crippen LogP contribution in [0.15, 0.2) is 22.9 Å². The Labute approximate surface area is 164 Å². The van der Waals surface area contributed by atoms with Crippen molar-refractivity contribution >= 4 is 11.8 Å². The molecule has 2 amide bonds. The van der Waals surface area contributed by atoms with Crippen molar-refractivity contribution in [2.24, 2.45) is 0 Å². The molecule has 0 aliphatic carbocycles. The fraction of sp³-hybridized carbons (Fsp3) is 0.500. The Morgan fingerprint density at radius 1 is 1.34 bits per heavy atom. The minimum Gasteiger partial charge on any atom is -0.343 e. The lowest BCUT2D eigenvalue weighted by atomic mass is 10.0. The van der Waals surface area contributed by atoms with E-state index in [2.05, 4.69) is 20.4 Å². The Bertz CT molecular complexity index is 899. The van der Waals surface area contributed by atoms with E-state index in [1.165, 1.54) is 17.9 Å². The number of nitrogens with zero attached hydrogens (tertiary/aromatic N) is 4. The third-order valence-corrected chi connectivity index (χ3v) is 4.69. The van der Waals surface area contributed by atoms with E-state index in [-0.39, 0.29) is 29.1 Å². The molecule has 2 aromatic heterocycles. The molecule has 3 rings (SSSR count). The summed E-state index contributed by atoms with van der Waals surface area (Å²) in [5.41, 5.74) is -0.972. The standard InChI is InChI=1S/C18H20F3N5O3/c1-10(23-16(28)13-5-3-4-8-26(13)11(2)27)17-24-15(25-29-17)12-6-7-22-14(9-12)18(19,20)21/h6-7,9-10,13H,3-5,8H2,1-2H3,(H,23,28). The number of nitrogens with one attached hydrogen (secondary N) is 1. The van der Waals surface area contributed by atoms with Crippen molar-refractivity contribution in [2.75, 3.05) is 6.54 Å². The van der Waals surface area contributed by atoms with Gasteiger partial charge < -0.3 is 14.7 Å². The normalized spacial score (nSPS) is 18.4. The summed E-state index contributed by atoms with van der Waals surface area (Å²) < 4.78 is 43.6. The van der Waals surface area contributed by atoms with E-state index in [1.807, 2.05) is 0 Å². The van der Waals surface area contributed by atoms with Crippen molar-refractivity contribution in [3.8, 4) is 11.4 Å². The number of hydrogen-bond donors (Lipinski definition) is 1. The third kappa shape index (κ3) is 4.72. The van der Waals surface area contributed by atoms with Crippen molar-refractivity contribution in [3.63, 3.8) is 0 Å². The first-order valence-electron chi connectivity index (χ1n) is 9.11. The highest BCUT2D eigenvalue weighted by Crippen LogP contribution is 2.30. The van der Waals surface area contributed by atoms with Gasteiger partial charge in [0.25, 0.3) is 0 Å². The van der Waals surface area contributed by atoms with Crippen LogP contribution in [0.4, 0.5) is 13.2 Å². The number of aromatic nitrogens is 3. The van der Waals surface area contributed by atoms with Crippen LogP contribution in [0.3, 0.4) is 0 Å². The second kappa shape index (κ2) is 8.18. The molecule has 0 radical (unpaired) electrons. The molecule has 156 valence electrons. The van der Waals surface area contributed by atoms with Gasteiger partial charge in [0.2, 0.25) is 23.5 Å². The molecule has 2 atom stereocenters. The number of alkyl halides is 3. The molecule has 0 aromatic carbocycles. The number of carbonyl (C=O) groups excluding carboxylic acids is 2. The van der Waals surface area contributed by atoms with Crippen LogP contribution in [0.1, 0.15) is 50.7 Å². The van der Waals surface area contributed by atoms with Gasteiger partial charge in [0, 0.05) is 25.2 Å². The molecule has 29 heavy (non-hydrogen) atoms. The number of likely N-dealkylation sites (tertiary alicyclic amines) is 1. The summed E-state index contributed by atoms with van der Waals surface area (Å²) in [6.45, 7) is 3.56. The van der Waals surface area contributed by atoms with Crippen molar-refractivity contribution in [2.45, 2.75) is 51.4 Å². The molecule has 0 bridgehead atoms. The van der Waals surface area contributed by atoms with Gasteiger partial charge in [-0.05, 0) is 38.3 Å². The van der Waals surface area contributed by atoms with Gasteiger partial charge in [0.15, 0.2) is 0 Å². The zero-order chi connectivity index (χ0) is 21.2. The molecule has 8 nitrogen and oxygen atoms in total. The number of piperidine rings is 1. The molecule has 1 aliphatic rings. The van der Waals surface area contributed by atoms with Crippen LogP contribution in [-0.4, -0.2) is 44.4 Å². The van der Waals surface area contributed by atoms with Gasteiger partial charge in [-0.1, -0.05) is 5.16 Å². The summed E-state index contributed by atoms with van der Waals surface area (Å²) in [4.78, 5) is 33.3. The summed E-state index contributed by atoms with van der Waals surface area (Å²) in [5, 5.41) is 6.43. The Kier molecular flexibility index (Phi) is 5.85. The highest BCUT2D eigenvalue weighted by atomic mass is 19.4. The van der Waals surface area contributed by atoms with E-state index >= 15 is 0 Å². The summed E-state index contributed by atoms with van der Waals surface area (Å²) in [7, 11) is 0. The maximum atomic E-state index is 12.8. The van der Waals surface area contributed by atoms with E-state index in [0.29, 0.717) is 13.0 Å². The lowest BCUT2D eigenvalue weighted by Crippen LogP contribution is -2.51. The maximum absolute atomic E-state index is 12.8. The smallest absolute Gasteiger partial charge is 0.343 e. The number of pyridine rings is 1. The number of carbonyl (C=O) groups is 2. The highest BCUT2D eigenvalue weighted by Gasteiger charge is 2.33. The number of hydrogen-bond acceptors (Lipinski definition) is 6. The summed E-state index contributed by atoms with van der Waals surface area (Å²) >= 11 is 0. The molecule has 11 heteroatoms. The Morgan fingerprint density at radius 2 is 2.10 bits per heavy atom. The van der Waals surface area contributed by atoms with Gasteiger partial charge in [0.1, 0.15) is 17.8 Å². The van der Waals surface area contributed by atoms with Crippen molar-refractivity contribution in [1.82, 2.24) is 25.3 Å². The number of amides is 2. The zero-order valence-electron chi connectivity index (χ0n) is 15.9. The Hall–Kier alpha value is -2.98. The zero-order valence-corrected chi connectivity index (χ0v) is 15.9. The van der Waals surface area contributed by atoms with E-state index in [0.717, 1.165) is 25.1 Å². The van der Waals surface area contributed by atoms with Crippen LogP contribution in [0.25, 0.3) is 11.4 Å². The third-order valence-electron chi connectivity index (χ3n) is 4.69. The van der Waals surface area contributed by atoms with Crippen LogP contribution in [-0.2, 0) is 15.8 Å². The highest BCUT2D eigenvalue weighted by molar-refractivity contribution is 5.87. The Balaban J connectivity index is 1.72. The van der Waals surface area contributed by atoms with Crippen molar-refractivity contribution < 1.29 is 27.3 Å². The second-order valence-corrected chi connectivity index (χ2v) is 6.84. The fourth-order valence-corrected chi connectivity index (χ4v) is 3.21. The topological polar surface area (TPSA) is 101 Å². The van der Waals surface area contributed by atoms with Crippen LogP contribution in [0, 0.1) is 0 Å². The van der Waals surface area contributed by atoms with Crippen LogP contribution >= 0.6 is 0 Å². The fourth-order valence-electron chi connectivity index (χ4n) is 3.21. The first kappa shape index (κ1) is 20.7. The van der Waals surface area contributed by atoms with Gasteiger partial charge in [-0.2, -0.15) is 18.2 Å². The van der Waals surface area contributed by atoms with Gasteiger partial charge in [-0.15, -0.1) is 0 Å². The molecular formula is C18H20F3N5O3. The van der Waals surface area contributed by atoms with Gasteiger partial charge in [-0.3, -0.25) is 14.6 Å². The maximum Gasteiger partial charge on any atom is 0.433 e. The predicted octanol–water partition coefficient (Wildman–Crippen LogP) is 2.73. The first-order chi connectivity index (χ1) is 13.7. The lowest BCUT2D eigenvalue weighted by Gasteiger charge is -2.34. The number of halogens is 3. The Morgan fingerprint density at radius 3 is 2.79 bits per heavy atom. The van der Waals surface area contributed by atoms with Gasteiger partial charge in [-0.25, -0.2) is 0 Å². The van der Waals surface area contributed by atoms with Crippen LogP contribution in [0.2, 0.25) is 0 Å². The molecule has 2 unspecified atom stereocenters. The minimum absolute atomic E-state index is 0.0444. The average Bonchev–Trinajstić information content (AvgIpc) is 3.18. The van der Waals surface area contributed by atoms with Gasteiger partial charge >= 0.3 is 6.18 Å². The van der Waals surface area contributed by atoms with E-state index in [1.54, 1.807) is 6.92 Å². The molecule has 1 aliphatic heterocycles. The predicted molar refractivity (Wildman–Crippen MR) is 94.1 cm³/mol. The molecule has 2 aromatic rings. The van der Waals surface area contributed by atoms with E-state index in [4.69, 9.17) is 4.52 Å². The first-order valence-corrected chi connectivity index (χ1v) is 9.11. The van der Waals surface area contributed by atoms with Crippen molar-refractivity contribution in [3.05, 3.63) is 29.9 Å². The summed E-state index contributed by atoms with van der Waals surface area (Å²) in [6.07, 6.45) is -1.34. The van der Waals surface area contributed by atoms with Crippen LogP contribution < -0.4 is 5.32 Å². The summed E-state index contributed by atoms with van der Waals surface area (Å²) in [6, 6.07) is 0.911. The summed E-state index contributed by atoms with van der Waals surface area (Å²) in [5.74, 6) is -0.507. The van der Waals surface area contributed by atoms with Crippen LogP contribution in [0.5, 0.6) is 0 Å². The second-order valence-electron chi connectivity index (χ2n) is 6.84. The monoisotopic (exact) mass is 411 g/mol. The molecule has 0 saturated carbocycles. The minimum atomic E-state index is -4.59. The number of rotatable bonds is 4. The van der Waals surface area contributed by atoms with E-state index < -0.39 is 24.0 Å². The quantitative estimate of drug-likeness (QED) is 0.830. The average molecular weight is 411 g/mol. The lowest BCUT2D eigenvalue weighted by molar-refractivity contribution is -0.141. The van der Waals surface area contributed by atoms with E-state index in [9.17, 15) is 22.8 Å². The van der Waals surface area contributed by atoms with Gasteiger partial charge in [0.05, 0.1) is 0 Å². The largest absolute Gasteiger partial charge is 0.433 e. The molecule has 1 fully saturated rings. The molecular weight excluding hydrogens is 391 g/mol. The van der Waals surface area contributed by atoms with Crippen molar-refractivity contribution in [1.29, 1.82) is 0 Å². The molecule has 1 saturated heterocycles.